The Hall–Kier alpha value is -2.89. The Bertz CT molecular complexity index is 1080. The molecule has 0 spiro atoms. The summed E-state index contributed by atoms with van der Waals surface area (Å²) < 4.78 is 0. The normalized spacial score (nSPS) is 10.7. The zero-order chi connectivity index (χ0) is 22.4. The topological polar surface area (TPSA) is 63.5 Å². The van der Waals surface area contributed by atoms with Crippen LogP contribution in [-0.4, -0.2) is 22.3 Å². The number of hydrogen-bond donors (Lipinski definition) is 0. The summed E-state index contributed by atoms with van der Waals surface area (Å²) in [6.45, 7) is 2.52. The van der Waals surface area contributed by atoms with Crippen molar-refractivity contribution in [1.82, 2.24) is 4.90 Å². The molecule has 1 amide bonds. The largest absolute Gasteiger partial charge is 0.334 e. The number of benzene rings is 3. The SMILES string of the molecule is CCc1ccc(C(=O)N(CCc2ccc(Cl)cc2Cl)Cc2ccccc2[N+](=O)[O-])cc1. The molecular formula is C24H22Cl2N2O3. The Kier molecular flexibility index (Phi) is 7.66. The zero-order valence-corrected chi connectivity index (χ0v) is 18.6. The van der Waals surface area contributed by atoms with Crippen molar-refractivity contribution in [1.29, 1.82) is 0 Å². The fourth-order valence-corrected chi connectivity index (χ4v) is 3.83. The molecule has 0 heterocycles. The third-order valence-corrected chi connectivity index (χ3v) is 5.70. The molecule has 3 aromatic carbocycles. The van der Waals surface area contributed by atoms with Crippen LogP contribution in [0.25, 0.3) is 0 Å². The van der Waals surface area contributed by atoms with E-state index in [-0.39, 0.29) is 18.1 Å². The first-order chi connectivity index (χ1) is 14.9. The lowest BCUT2D eigenvalue weighted by atomic mass is 10.1. The van der Waals surface area contributed by atoms with Crippen molar-refractivity contribution in [3.63, 3.8) is 0 Å². The summed E-state index contributed by atoms with van der Waals surface area (Å²) in [6.07, 6.45) is 1.37. The van der Waals surface area contributed by atoms with E-state index in [0.717, 1.165) is 17.5 Å². The van der Waals surface area contributed by atoms with Crippen molar-refractivity contribution in [2.45, 2.75) is 26.3 Å². The molecule has 0 radical (unpaired) electrons. The van der Waals surface area contributed by atoms with E-state index in [1.807, 2.05) is 25.1 Å². The van der Waals surface area contributed by atoms with Gasteiger partial charge in [-0.3, -0.25) is 14.9 Å². The summed E-state index contributed by atoms with van der Waals surface area (Å²) in [5.74, 6) is -0.189. The van der Waals surface area contributed by atoms with Crippen molar-refractivity contribution in [3.05, 3.63) is 109 Å². The number of nitro groups is 1. The van der Waals surface area contributed by atoms with Gasteiger partial charge in [0.25, 0.3) is 11.6 Å². The lowest BCUT2D eigenvalue weighted by Gasteiger charge is -2.23. The Morgan fingerprint density at radius 3 is 2.35 bits per heavy atom. The van der Waals surface area contributed by atoms with Gasteiger partial charge in [-0.15, -0.1) is 0 Å². The molecule has 3 aromatic rings. The third kappa shape index (κ3) is 5.84. The molecule has 0 saturated heterocycles. The van der Waals surface area contributed by atoms with Crippen molar-refractivity contribution in [3.8, 4) is 0 Å². The summed E-state index contributed by atoms with van der Waals surface area (Å²) in [5, 5.41) is 12.5. The van der Waals surface area contributed by atoms with Gasteiger partial charge in [0.15, 0.2) is 0 Å². The lowest BCUT2D eigenvalue weighted by molar-refractivity contribution is -0.385. The monoisotopic (exact) mass is 456 g/mol. The molecule has 0 aliphatic carbocycles. The molecule has 5 nitrogen and oxygen atoms in total. The van der Waals surface area contributed by atoms with Crippen molar-refractivity contribution >= 4 is 34.8 Å². The second-order valence-electron chi connectivity index (χ2n) is 7.15. The molecule has 0 aliphatic rings. The van der Waals surface area contributed by atoms with E-state index in [1.54, 1.807) is 47.4 Å². The van der Waals surface area contributed by atoms with Gasteiger partial charge in [-0.25, -0.2) is 0 Å². The number of carbonyl (C=O) groups is 1. The molecule has 0 saturated carbocycles. The van der Waals surface area contributed by atoms with Crippen molar-refractivity contribution < 1.29 is 9.72 Å². The predicted octanol–water partition coefficient (Wildman–Crippen LogP) is 6.35. The van der Waals surface area contributed by atoms with Gasteiger partial charge in [-0.2, -0.15) is 0 Å². The summed E-state index contributed by atoms with van der Waals surface area (Å²) >= 11 is 12.3. The highest BCUT2D eigenvalue weighted by molar-refractivity contribution is 6.35. The lowest BCUT2D eigenvalue weighted by Crippen LogP contribution is -2.32. The zero-order valence-electron chi connectivity index (χ0n) is 17.1. The second-order valence-corrected chi connectivity index (χ2v) is 7.99. The van der Waals surface area contributed by atoms with Crippen LogP contribution in [0.5, 0.6) is 0 Å². The number of nitro benzene ring substituents is 1. The summed E-state index contributed by atoms with van der Waals surface area (Å²) in [4.78, 5) is 25.9. The van der Waals surface area contributed by atoms with E-state index in [1.165, 1.54) is 6.07 Å². The van der Waals surface area contributed by atoms with Gasteiger partial charge in [-0.05, 0) is 48.2 Å². The second kappa shape index (κ2) is 10.4. The van der Waals surface area contributed by atoms with Crippen LogP contribution in [0, 0.1) is 10.1 Å². The maximum absolute atomic E-state index is 13.3. The van der Waals surface area contributed by atoms with Crippen molar-refractivity contribution in [2.75, 3.05) is 6.54 Å². The molecule has 0 N–H and O–H groups in total. The highest BCUT2D eigenvalue weighted by Gasteiger charge is 2.21. The Balaban J connectivity index is 1.88. The van der Waals surface area contributed by atoms with Gasteiger partial charge >= 0.3 is 0 Å². The quantitative estimate of drug-likeness (QED) is 0.293. The highest BCUT2D eigenvalue weighted by Crippen LogP contribution is 2.24. The standard InChI is InChI=1S/C24H22Cl2N2O3/c1-2-17-7-9-19(10-8-17)24(29)27(14-13-18-11-12-21(25)15-22(18)26)16-20-5-3-4-6-23(20)28(30)31/h3-12,15H,2,13-14,16H2,1H3. The van der Waals surface area contributed by atoms with E-state index in [2.05, 4.69) is 0 Å². The Morgan fingerprint density at radius 1 is 1.00 bits per heavy atom. The van der Waals surface area contributed by atoms with Crippen LogP contribution in [0.2, 0.25) is 10.0 Å². The van der Waals surface area contributed by atoms with Gasteiger partial charge in [-0.1, -0.05) is 66.5 Å². The molecule has 31 heavy (non-hydrogen) atoms. The molecule has 160 valence electrons. The minimum atomic E-state index is -0.426. The average molecular weight is 457 g/mol. The maximum Gasteiger partial charge on any atom is 0.274 e. The number of amides is 1. The first kappa shape index (κ1) is 22.8. The molecule has 0 atom stereocenters. The van der Waals surface area contributed by atoms with E-state index >= 15 is 0 Å². The van der Waals surface area contributed by atoms with Crippen LogP contribution in [0.4, 0.5) is 5.69 Å². The maximum atomic E-state index is 13.3. The molecule has 0 unspecified atom stereocenters. The van der Waals surface area contributed by atoms with Gasteiger partial charge < -0.3 is 4.90 Å². The first-order valence-electron chi connectivity index (χ1n) is 9.93. The fourth-order valence-electron chi connectivity index (χ4n) is 3.33. The molecule has 3 rings (SSSR count). The van der Waals surface area contributed by atoms with Gasteiger partial charge in [0.05, 0.1) is 11.5 Å². The fraction of sp³-hybridized carbons (Fsp3) is 0.208. The number of hydrogen-bond acceptors (Lipinski definition) is 3. The minimum Gasteiger partial charge on any atom is -0.334 e. The van der Waals surface area contributed by atoms with E-state index < -0.39 is 4.92 Å². The Labute approximate surface area is 191 Å². The first-order valence-corrected chi connectivity index (χ1v) is 10.7. The predicted molar refractivity (Wildman–Crippen MR) is 124 cm³/mol. The van der Waals surface area contributed by atoms with E-state index in [4.69, 9.17) is 23.2 Å². The molecular weight excluding hydrogens is 435 g/mol. The molecule has 0 aliphatic heterocycles. The summed E-state index contributed by atoms with van der Waals surface area (Å²) in [6, 6.07) is 19.1. The van der Waals surface area contributed by atoms with Gasteiger partial charge in [0.2, 0.25) is 0 Å². The molecule has 0 bridgehead atoms. The van der Waals surface area contributed by atoms with Crippen LogP contribution in [0.15, 0.2) is 66.7 Å². The molecule has 0 aromatic heterocycles. The van der Waals surface area contributed by atoms with Crippen LogP contribution in [-0.2, 0) is 19.4 Å². The molecule has 7 heteroatoms. The third-order valence-electron chi connectivity index (χ3n) is 5.11. The molecule has 0 fully saturated rings. The van der Waals surface area contributed by atoms with E-state index in [9.17, 15) is 14.9 Å². The van der Waals surface area contributed by atoms with Gasteiger partial charge in [0.1, 0.15) is 0 Å². The number of aryl methyl sites for hydroxylation is 1. The average Bonchev–Trinajstić information content (AvgIpc) is 2.77. The van der Waals surface area contributed by atoms with Gasteiger partial charge in [0, 0.05) is 33.8 Å². The van der Waals surface area contributed by atoms with Crippen LogP contribution in [0.1, 0.15) is 34.0 Å². The highest BCUT2D eigenvalue weighted by atomic mass is 35.5. The summed E-state index contributed by atoms with van der Waals surface area (Å²) in [7, 11) is 0. The van der Waals surface area contributed by atoms with E-state index in [0.29, 0.717) is 34.1 Å². The number of halogens is 2. The minimum absolute atomic E-state index is 0.00819. The van der Waals surface area contributed by atoms with Crippen LogP contribution < -0.4 is 0 Å². The van der Waals surface area contributed by atoms with Crippen LogP contribution >= 0.6 is 23.2 Å². The van der Waals surface area contributed by atoms with Crippen molar-refractivity contribution in [2.24, 2.45) is 0 Å². The number of nitrogens with zero attached hydrogens (tertiary/aromatic N) is 2. The number of para-hydroxylation sites is 1. The van der Waals surface area contributed by atoms with Crippen LogP contribution in [0.3, 0.4) is 0 Å². The number of carbonyl (C=O) groups excluding carboxylic acids is 1. The summed E-state index contributed by atoms with van der Waals surface area (Å²) in [5.41, 5.74) is 3.00. The number of rotatable bonds is 8. The smallest absolute Gasteiger partial charge is 0.274 e. The Morgan fingerprint density at radius 2 is 1.71 bits per heavy atom.